The predicted molar refractivity (Wildman–Crippen MR) is 76.3 cm³/mol. The van der Waals surface area contributed by atoms with Crippen LogP contribution in [0.1, 0.15) is 24.1 Å². The first-order valence-electron chi connectivity index (χ1n) is 6.56. The fraction of sp³-hybridized carbons (Fsp3) is 0.400. The van der Waals surface area contributed by atoms with E-state index in [0.29, 0.717) is 6.61 Å². The molecule has 0 aliphatic heterocycles. The molecule has 1 atom stereocenters. The van der Waals surface area contributed by atoms with Crippen LogP contribution in [0.3, 0.4) is 0 Å². The molecule has 0 spiro atoms. The van der Waals surface area contributed by atoms with Gasteiger partial charge in [0.1, 0.15) is 12.4 Å². The Hall–Kier alpha value is -1.81. The first kappa shape index (κ1) is 13.6. The molecule has 1 unspecified atom stereocenters. The van der Waals surface area contributed by atoms with E-state index in [1.165, 1.54) is 11.1 Å². The second-order valence-electron chi connectivity index (χ2n) is 4.79. The van der Waals surface area contributed by atoms with Gasteiger partial charge in [-0.25, -0.2) is 0 Å². The minimum Gasteiger partial charge on any atom is -0.492 e. The van der Waals surface area contributed by atoms with Crippen LogP contribution in [0.5, 0.6) is 5.75 Å². The number of rotatable bonds is 6. The van der Waals surface area contributed by atoms with Gasteiger partial charge < -0.3 is 10.1 Å². The highest BCUT2D eigenvalue weighted by atomic mass is 16.5. The third kappa shape index (κ3) is 4.10. The molecule has 0 amide bonds. The van der Waals surface area contributed by atoms with Crippen molar-refractivity contribution in [3.63, 3.8) is 0 Å². The zero-order valence-electron chi connectivity index (χ0n) is 11.8. The molecule has 0 fully saturated rings. The summed E-state index contributed by atoms with van der Waals surface area (Å²) < 4.78 is 7.51. The lowest BCUT2D eigenvalue weighted by atomic mass is 10.2. The Morgan fingerprint density at radius 1 is 1.42 bits per heavy atom. The largest absolute Gasteiger partial charge is 0.492 e. The Kier molecular flexibility index (Phi) is 4.58. The number of aryl methyl sites for hydroxylation is 2. The quantitative estimate of drug-likeness (QED) is 0.810. The molecule has 1 aromatic heterocycles. The lowest BCUT2D eigenvalue weighted by Gasteiger charge is -2.12. The summed E-state index contributed by atoms with van der Waals surface area (Å²) in [5, 5.41) is 7.59. The van der Waals surface area contributed by atoms with Gasteiger partial charge in [-0.15, -0.1) is 0 Å². The molecular weight excluding hydrogens is 238 g/mol. The Morgan fingerprint density at radius 2 is 2.26 bits per heavy atom. The van der Waals surface area contributed by atoms with Gasteiger partial charge in [-0.3, -0.25) is 4.68 Å². The molecule has 0 aliphatic carbocycles. The molecule has 4 nitrogen and oxygen atoms in total. The Bertz CT molecular complexity index is 522. The minimum atomic E-state index is 0.287. The van der Waals surface area contributed by atoms with Gasteiger partial charge in [-0.1, -0.05) is 12.1 Å². The molecule has 2 aromatic rings. The van der Waals surface area contributed by atoms with Crippen LogP contribution in [0, 0.1) is 6.92 Å². The molecule has 102 valence electrons. The standard InChI is InChI=1S/C15H21N3O/c1-12-5-4-6-15(9-12)19-8-7-16-13(2)14-10-17-18(3)11-14/h4-6,9-11,13,16H,7-8H2,1-3H3. The van der Waals surface area contributed by atoms with E-state index in [-0.39, 0.29) is 6.04 Å². The van der Waals surface area contributed by atoms with Crippen LogP contribution in [0.25, 0.3) is 0 Å². The molecule has 0 saturated heterocycles. The van der Waals surface area contributed by atoms with Crippen molar-refractivity contribution in [1.82, 2.24) is 15.1 Å². The molecular formula is C15H21N3O. The molecule has 19 heavy (non-hydrogen) atoms. The van der Waals surface area contributed by atoms with Crippen molar-refractivity contribution >= 4 is 0 Å². The number of benzene rings is 1. The highest BCUT2D eigenvalue weighted by Crippen LogP contribution is 2.12. The Labute approximate surface area is 114 Å². The van der Waals surface area contributed by atoms with Crippen molar-refractivity contribution in [3.8, 4) is 5.75 Å². The summed E-state index contributed by atoms with van der Waals surface area (Å²) in [5.74, 6) is 0.927. The van der Waals surface area contributed by atoms with E-state index in [2.05, 4.69) is 30.3 Å². The third-order valence-electron chi connectivity index (χ3n) is 3.04. The Morgan fingerprint density at radius 3 is 2.95 bits per heavy atom. The highest BCUT2D eigenvalue weighted by Gasteiger charge is 2.06. The summed E-state index contributed by atoms with van der Waals surface area (Å²) in [6, 6.07) is 8.39. The van der Waals surface area contributed by atoms with Gasteiger partial charge in [0.25, 0.3) is 0 Å². The first-order valence-corrected chi connectivity index (χ1v) is 6.56. The Balaban J connectivity index is 1.72. The maximum absolute atomic E-state index is 5.69. The molecule has 4 heteroatoms. The first-order chi connectivity index (χ1) is 9.15. The van der Waals surface area contributed by atoms with E-state index in [4.69, 9.17) is 4.74 Å². The van der Waals surface area contributed by atoms with Crippen molar-refractivity contribution in [2.45, 2.75) is 19.9 Å². The summed E-state index contributed by atoms with van der Waals surface area (Å²) in [5.41, 5.74) is 2.41. The molecule has 0 bridgehead atoms. The maximum atomic E-state index is 5.69. The maximum Gasteiger partial charge on any atom is 0.119 e. The predicted octanol–water partition coefficient (Wildman–Crippen LogP) is 2.46. The average Bonchev–Trinajstić information content (AvgIpc) is 2.81. The van der Waals surface area contributed by atoms with Gasteiger partial charge in [0, 0.05) is 31.4 Å². The summed E-state index contributed by atoms with van der Waals surface area (Å²) in [7, 11) is 1.93. The van der Waals surface area contributed by atoms with Gasteiger partial charge in [0.05, 0.1) is 6.20 Å². The lowest BCUT2D eigenvalue weighted by Crippen LogP contribution is -2.24. The zero-order valence-corrected chi connectivity index (χ0v) is 11.8. The molecule has 0 aliphatic rings. The van der Waals surface area contributed by atoms with Crippen LogP contribution in [-0.2, 0) is 7.05 Å². The third-order valence-corrected chi connectivity index (χ3v) is 3.04. The van der Waals surface area contributed by atoms with Crippen LogP contribution in [-0.4, -0.2) is 22.9 Å². The summed E-state index contributed by atoms with van der Waals surface area (Å²) in [6.45, 7) is 5.66. The van der Waals surface area contributed by atoms with Gasteiger partial charge in [-0.05, 0) is 31.5 Å². The number of ether oxygens (including phenoxy) is 1. The van der Waals surface area contributed by atoms with E-state index >= 15 is 0 Å². The van der Waals surface area contributed by atoms with Crippen LogP contribution in [0.2, 0.25) is 0 Å². The van der Waals surface area contributed by atoms with E-state index < -0.39 is 0 Å². The minimum absolute atomic E-state index is 0.287. The molecule has 0 saturated carbocycles. The SMILES string of the molecule is Cc1cccc(OCCNC(C)c2cnn(C)c2)c1. The fourth-order valence-corrected chi connectivity index (χ4v) is 1.93. The molecule has 1 heterocycles. The lowest BCUT2D eigenvalue weighted by molar-refractivity contribution is 0.307. The monoisotopic (exact) mass is 259 g/mol. The number of nitrogens with zero attached hydrogens (tertiary/aromatic N) is 2. The van der Waals surface area contributed by atoms with Crippen LogP contribution >= 0.6 is 0 Å². The topological polar surface area (TPSA) is 39.1 Å². The average molecular weight is 259 g/mol. The van der Waals surface area contributed by atoms with Crippen molar-refractivity contribution in [1.29, 1.82) is 0 Å². The number of hydrogen-bond donors (Lipinski definition) is 1. The molecule has 1 N–H and O–H groups in total. The summed E-state index contributed by atoms with van der Waals surface area (Å²) in [6.07, 6.45) is 3.91. The van der Waals surface area contributed by atoms with E-state index in [1.807, 2.05) is 42.3 Å². The number of nitrogens with one attached hydrogen (secondary N) is 1. The van der Waals surface area contributed by atoms with E-state index in [1.54, 1.807) is 0 Å². The normalized spacial score (nSPS) is 12.4. The van der Waals surface area contributed by atoms with Gasteiger partial charge in [0.15, 0.2) is 0 Å². The van der Waals surface area contributed by atoms with E-state index in [9.17, 15) is 0 Å². The second-order valence-corrected chi connectivity index (χ2v) is 4.79. The van der Waals surface area contributed by atoms with Gasteiger partial charge >= 0.3 is 0 Å². The molecule has 0 radical (unpaired) electrons. The van der Waals surface area contributed by atoms with Gasteiger partial charge in [0.2, 0.25) is 0 Å². The fourth-order valence-electron chi connectivity index (χ4n) is 1.93. The molecule has 2 rings (SSSR count). The van der Waals surface area contributed by atoms with Crippen molar-refractivity contribution in [3.05, 3.63) is 47.8 Å². The summed E-state index contributed by atoms with van der Waals surface area (Å²) in [4.78, 5) is 0. The zero-order chi connectivity index (χ0) is 13.7. The van der Waals surface area contributed by atoms with E-state index in [0.717, 1.165) is 12.3 Å². The van der Waals surface area contributed by atoms with Crippen molar-refractivity contribution in [2.75, 3.05) is 13.2 Å². The number of aromatic nitrogens is 2. The highest BCUT2D eigenvalue weighted by molar-refractivity contribution is 5.27. The molecule has 1 aromatic carbocycles. The van der Waals surface area contributed by atoms with Crippen LogP contribution < -0.4 is 10.1 Å². The number of hydrogen-bond acceptors (Lipinski definition) is 3. The summed E-state index contributed by atoms with van der Waals surface area (Å²) >= 11 is 0. The van der Waals surface area contributed by atoms with Crippen molar-refractivity contribution < 1.29 is 4.74 Å². The van der Waals surface area contributed by atoms with Crippen LogP contribution in [0.15, 0.2) is 36.7 Å². The smallest absolute Gasteiger partial charge is 0.119 e. The van der Waals surface area contributed by atoms with Crippen molar-refractivity contribution in [2.24, 2.45) is 7.05 Å². The van der Waals surface area contributed by atoms with Gasteiger partial charge in [-0.2, -0.15) is 5.10 Å². The second kappa shape index (κ2) is 6.38. The van der Waals surface area contributed by atoms with Crippen LogP contribution in [0.4, 0.5) is 0 Å².